The van der Waals surface area contributed by atoms with Gasteiger partial charge in [-0.05, 0) is 54.7 Å². The van der Waals surface area contributed by atoms with Gasteiger partial charge in [-0.1, -0.05) is 72.8 Å². The summed E-state index contributed by atoms with van der Waals surface area (Å²) in [6, 6.07) is 19.6. The lowest BCUT2D eigenvalue weighted by Gasteiger charge is -2.47. The fourth-order valence-electron chi connectivity index (χ4n) is 6.30. The maximum absolute atomic E-state index is 4.34. The number of hydrogen-bond donors (Lipinski definition) is 0. The van der Waals surface area contributed by atoms with E-state index in [9.17, 15) is 0 Å². The predicted octanol–water partition coefficient (Wildman–Crippen LogP) is 6.80. The highest BCUT2D eigenvalue weighted by Crippen LogP contribution is 2.60. The number of hydrogen-bond acceptors (Lipinski definition) is 1. The Morgan fingerprint density at radius 1 is 1.15 bits per heavy atom. The van der Waals surface area contributed by atoms with Crippen LogP contribution in [0.25, 0.3) is 5.57 Å². The standard InChI is InChI=1S/C32H33N2/c1-4-22-32(30-18-12-16-28(30)31-19-10-11-23-34(31,32)3)29-17-9-8-15-26(29)20-21-27(24-33-2)25-13-6-5-7-14-25/h4-15,17,19,21-22,24,30H,18,20,23H2,1-3H3/q+1/b22-4?,27-21+,33-24?. The quantitative estimate of drug-likeness (QED) is 0.201. The summed E-state index contributed by atoms with van der Waals surface area (Å²) >= 11 is 0. The van der Waals surface area contributed by atoms with Gasteiger partial charge in [-0.2, -0.15) is 0 Å². The van der Waals surface area contributed by atoms with Crippen molar-refractivity contribution in [3.63, 3.8) is 0 Å². The lowest BCUT2D eigenvalue weighted by Crippen LogP contribution is -2.57. The molecule has 0 aromatic heterocycles. The molecule has 0 saturated carbocycles. The van der Waals surface area contributed by atoms with E-state index in [4.69, 9.17) is 0 Å². The number of allylic oxidation sites excluding steroid dienone is 6. The largest absolute Gasteiger partial charge is 0.296 e. The van der Waals surface area contributed by atoms with Crippen LogP contribution in [0.1, 0.15) is 30.0 Å². The molecule has 3 aliphatic rings. The van der Waals surface area contributed by atoms with Crippen LogP contribution in [-0.4, -0.2) is 31.3 Å². The van der Waals surface area contributed by atoms with Gasteiger partial charge in [0, 0.05) is 24.9 Å². The Morgan fingerprint density at radius 2 is 1.94 bits per heavy atom. The Kier molecular flexibility index (Phi) is 5.96. The minimum atomic E-state index is -0.156. The lowest BCUT2D eigenvalue weighted by atomic mass is 9.73. The molecule has 0 bridgehead atoms. The van der Waals surface area contributed by atoms with Gasteiger partial charge in [0.25, 0.3) is 0 Å². The molecule has 0 spiro atoms. The molecular formula is C32H33N2+. The van der Waals surface area contributed by atoms with E-state index in [2.05, 4.69) is 122 Å². The number of rotatable bonds is 6. The summed E-state index contributed by atoms with van der Waals surface area (Å²) in [5.74, 6) is 0.399. The highest BCUT2D eigenvalue weighted by atomic mass is 15.4. The molecule has 2 heteroatoms. The van der Waals surface area contributed by atoms with Crippen LogP contribution in [0.15, 0.2) is 119 Å². The van der Waals surface area contributed by atoms with Crippen LogP contribution in [0.3, 0.4) is 0 Å². The van der Waals surface area contributed by atoms with E-state index in [0.29, 0.717) is 5.92 Å². The molecule has 2 heterocycles. The summed E-state index contributed by atoms with van der Waals surface area (Å²) in [5, 5.41) is 0. The van der Waals surface area contributed by atoms with Gasteiger partial charge in [0.2, 0.25) is 0 Å². The second-order valence-electron chi connectivity index (χ2n) is 9.50. The van der Waals surface area contributed by atoms with Crippen LogP contribution >= 0.6 is 0 Å². The molecule has 2 aromatic rings. The monoisotopic (exact) mass is 445 g/mol. The number of aliphatic imine (C=N–C) groups is 1. The minimum Gasteiger partial charge on any atom is -0.296 e. The first kappa shape index (κ1) is 22.3. The van der Waals surface area contributed by atoms with Crippen LogP contribution in [0, 0.1) is 5.92 Å². The number of likely N-dealkylation sites (N-methyl/N-ethyl adjacent to an activating group) is 1. The second-order valence-corrected chi connectivity index (χ2v) is 9.50. The first-order chi connectivity index (χ1) is 16.7. The van der Waals surface area contributed by atoms with E-state index >= 15 is 0 Å². The first-order valence-electron chi connectivity index (χ1n) is 12.2. The van der Waals surface area contributed by atoms with Crippen molar-refractivity contribution in [1.82, 2.24) is 0 Å². The average Bonchev–Trinajstić information content (AvgIpc) is 3.42. The smallest absolute Gasteiger partial charge is 0.156 e. The fourth-order valence-corrected chi connectivity index (χ4v) is 6.30. The van der Waals surface area contributed by atoms with Crippen LogP contribution in [0.2, 0.25) is 0 Å². The van der Waals surface area contributed by atoms with Crippen molar-refractivity contribution >= 4 is 11.8 Å². The Labute approximate surface area is 203 Å². The molecule has 5 rings (SSSR count). The third-order valence-corrected chi connectivity index (χ3v) is 7.76. The topological polar surface area (TPSA) is 12.4 Å². The molecule has 1 fully saturated rings. The van der Waals surface area contributed by atoms with Crippen molar-refractivity contribution in [2.45, 2.75) is 25.3 Å². The maximum Gasteiger partial charge on any atom is 0.156 e. The van der Waals surface area contributed by atoms with Crippen LogP contribution in [0.4, 0.5) is 0 Å². The third kappa shape index (κ3) is 3.34. The van der Waals surface area contributed by atoms with Crippen molar-refractivity contribution in [3.8, 4) is 0 Å². The number of benzene rings is 2. The molecule has 2 aromatic carbocycles. The van der Waals surface area contributed by atoms with Gasteiger partial charge in [-0.15, -0.1) is 5.73 Å². The lowest BCUT2D eigenvalue weighted by molar-refractivity contribution is -0.912. The molecule has 1 saturated heterocycles. The Morgan fingerprint density at radius 3 is 2.74 bits per heavy atom. The molecule has 0 N–H and O–H groups in total. The number of quaternary nitrogens is 1. The molecule has 170 valence electrons. The zero-order chi connectivity index (χ0) is 23.6. The minimum absolute atomic E-state index is 0.156. The fraction of sp³-hybridized carbons (Fsp3) is 0.250. The van der Waals surface area contributed by atoms with Gasteiger partial charge in [-0.25, -0.2) is 0 Å². The van der Waals surface area contributed by atoms with Gasteiger partial charge in [0.05, 0.1) is 18.5 Å². The molecule has 3 unspecified atom stereocenters. The summed E-state index contributed by atoms with van der Waals surface area (Å²) in [6.45, 7) is 3.15. The molecule has 2 nitrogen and oxygen atoms in total. The number of nitrogens with zero attached hydrogens (tertiary/aromatic N) is 2. The van der Waals surface area contributed by atoms with Crippen molar-refractivity contribution in [2.75, 3.05) is 20.6 Å². The zero-order valence-corrected chi connectivity index (χ0v) is 20.4. The summed E-state index contributed by atoms with van der Waals surface area (Å²) in [6.07, 6.45) is 20.0. The van der Waals surface area contributed by atoms with Crippen molar-refractivity contribution in [2.24, 2.45) is 10.9 Å². The van der Waals surface area contributed by atoms with Crippen molar-refractivity contribution in [1.29, 1.82) is 0 Å². The Balaban J connectivity index is 1.66. The van der Waals surface area contributed by atoms with Crippen LogP contribution in [0.5, 0.6) is 0 Å². The van der Waals surface area contributed by atoms with Gasteiger partial charge in [0.1, 0.15) is 12.2 Å². The molecular weight excluding hydrogens is 412 g/mol. The molecule has 0 radical (unpaired) electrons. The normalized spacial score (nSPS) is 27.9. The van der Waals surface area contributed by atoms with E-state index in [1.807, 2.05) is 13.3 Å². The highest BCUT2D eigenvalue weighted by molar-refractivity contribution is 6.09. The van der Waals surface area contributed by atoms with Crippen LogP contribution in [-0.2, 0) is 12.0 Å². The SMILES string of the molecule is CC=CC1(c2ccccc2C/C=C(\C=NC)c2ccccc2)C2CC=C=C2C2=CC=CC[N+]21C. The van der Waals surface area contributed by atoms with E-state index in [-0.39, 0.29) is 5.54 Å². The average molecular weight is 446 g/mol. The van der Waals surface area contributed by atoms with Crippen molar-refractivity contribution in [3.05, 3.63) is 131 Å². The van der Waals surface area contributed by atoms with Gasteiger partial charge in [0.15, 0.2) is 5.54 Å². The summed E-state index contributed by atoms with van der Waals surface area (Å²) in [7, 11) is 4.25. The van der Waals surface area contributed by atoms with E-state index in [1.165, 1.54) is 28.0 Å². The van der Waals surface area contributed by atoms with Gasteiger partial charge in [-0.3, -0.25) is 9.48 Å². The Bertz CT molecular complexity index is 1300. The van der Waals surface area contributed by atoms with E-state index in [0.717, 1.165) is 29.4 Å². The number of fused-ring (bicyclic) bond motifs is 3. The summed E-state index contributed by atoms with van der Waals surface area (Å²) < 4.78 is 0.872. The van der Waals surface area contributed by atoms with E-state index in [1.54, 1.807) is 0 Å². The molecule has 3 atom stereocenters. The van der Waals surface area contributed by atoms with Crippen LogP contribution < -0.4 is 0 Å². The van der Waals surface area contributed by atoms with Gasteiger partial charge < -0.3 is 0 Å². The molecule has 0 amide bonds. The zero-order valence-electron chi connectivity index (χ0n) is 20.4. The van der Waals surface area contributed by atoms with Gasteiger partial charge >= 0.3 is 0 Å². The Hall–Kier alpha value is -3.45. The van der Waals surface area contributed by atoms with E-state index < -0.39 is 0 Å². The molecule has 1 aliphatic carbocycles. The highest BCUT2D eigenvalue weighted by Gasteiger charge is 2.64. The summed E-state index contributed by atoms with van der Waals surface area (Å²) in [5.41, 5.74) is 11.4. The predicted molar refractivity (Wildman–Crippen MR) is 143 cm³/mol. The first-order valence-corrected chi connectivity index (χ1v) is 12.2. The van der Waals surface area contributed by atoms with Crippen molar-refractivity contribution < 1.29 is 4.48 Å². The summed E-state index contributed by atoms with van der Waals surface area (Å²) in [4.78, 5) is 4.34. The third-order valence-electron chi connectivity index (χ3n) is 7.76. The molecule has 34 heavy (non-hydrogen) atoms. The molecule has 2 aliphatic heterocycles. The maximum atomic E-state index is 4.34. The second kappa shape index (κ2) is 9.06.